The van der Waals surface area contributed by atoms with Gasteiger partial charge in [0.05, 0.1) is 33.5 Å². The molecule has 5 aromatic rings. The van der Waals surface area contributed by atoms with Crippen LogP contribution in [-0.2, 0) is 16.0 Å². The number of carbonyl (C=O) groups excluding carboxylic acids is 1. The Morgan fingerprint density at radius 3 is 1.70 bits per heavy atom. The Balaban J connectivity index is 1.10. The minimum absolute atomic E-state index is 0.115. The first-order chi connectivity index (χ1) is 24.7. The number of carbonyl (C=O) groups is 1. The molecule has 0 aliphatic carbocycles. The molecule has 260 valence electrons. The molecule has 1 amide bonds. The van der Waals surface area contributed by atoms with Crippen LogP contribution in [0.5, 0.6) is 5.75 Å². The van der Waals surface area contributed by atoms with Crippen LogP contribution in [0.15, 0.2) is 115 Å². The maximum atomic E-state index is 12.1. The minimum Gasteiger partial charge on any atom is -0.497 e. The number of aromatic nitrogens is 3. The quantitative estimate of drug-likeness (QED) is 0.0687. The highest BCUT2D eigenvalue weighted by molar-refractivity contribution is 5.94. The van der Waals surface area contributed by atoms with Crippen LogP contribution in [0.4, 0.5) is 17.8 Å². The molecule has 4 aromatic carbocycles. The van der Waals surface area contributed by atoms with Gasteiger partial charge in [-0.15, -0.1) is 0 Å². The molecular weight excluding hydrogens is 630 g/mol. The van der Waals surface area contributed by atoms with Crippen molar-refractivity contribution in [1.82, 2.24) is 20.3 Å². The van der Waals surface area contributed by atoms with E-state index in [4.69, 9.17) is 14.2 Å². The van der Waals surface area contributed by atoms with Crippen molar-refractivity contribution in [2.75, 3.05) is 69.1 Å². The number of ether oxygens (including phenoxy) is 3. The van der Waals surface area contributed by atoms with Crippen LogP contribution in [-0.4, -0.2) is 74.0 Å². The molecule has 0 saturated carbocycles. The number of nitrogens with one attached hydrogen (secondary N) is 4. The van der Waals surface area contributed by atoms with Crippen molar-refractivity contribution >= 4 is 23.8 Å². The molecule has 0 radical (unpaired) electrons. The number of hydrogen-bond acceptors (Lipinski definition) is 10. The number of benzene rings is 4. The van der Waals surface area contributed by atoms with Crippen molar-refractivity contribution in [2.24, 2.45) is 0 Å². The summed E-state index contributed by atoms with van der Waals surface area (Å²) in [5, 5.41) is 12.9. The Kier molecular flexibility index (Phi) is 14.4. The third kappa shape index (κ3) is 11.9. The number of amides is 1. The number of anilines is 3. The normalized spacial score (nSPS) is 10.8. The standard InChI is InChI=1S/C39H45N7O4/c1-48-34-19-17-30(18-20-34)29-43-39-45-37(41-22-21-35(31-11-5-2-6-12-31)32-13-7-3-8-14-32)44-38(46-39)42-24-26-50-28-27-49-25-23-40-36(47)33-15-9-4-10-16-33/h2-20,35H,21-29H2,1H3,(H,40,47)(H3,41,42,43,44,45,46). The summed E-state index contributed by atoms with van der Waals surface area (Å²) in [7, 11) is 1.65. The lowest BCUT2D eigenvalue weighted by Crippen LogP contribution is -2.27. The van der Waals surface area contributed by atoms with E-state index in [9.17, 15) is 4.79 Å². The molecule has 0 saturated heterocycles. The lowest BCUT2D eigenvalue weighted by Gasteiger charge is -2.19. The van der Waals surface area contributed by atoms with Gasteiger partial charge in [0.15, 0.2) is 0 Å². The SMILES string of the molecule is COc1ccc(CNc2nc(NCCOCCOCCNC(=O)c3ccccc3)nc(NCCC(c3ccccc3)c3ccccc3)n2)cc1. The van der Waals surface area contributed by atoms with Gasteiger partial charge in [-0.1, -0.05) is 91.0 Å². The van der Waals surface area contributed by atoms with Gasteiger partial charge in [-0.3, -0.25) is 4.79 Å². The summed E-state index contributed by atoms with van der Waals surface area (Å²) < 4.78 is 16.6. The van der Waals surface area contributed by atoms with Gasteiger partial charge in [-0.2, -0.15) is 15.0 Å². The van der Waals surface area contributed by atoms with Gasteiger partial charge in [-0.05, 0) is 47.4 Å². The minimum atomic E-state index is -0.115. The monoisotopic (exact) mass is 675 g/mol. The fourth-order valence-corrected chi connectivity index (χ4v) is 5.25. The Labute approximate surface area is 293 Å². The molecule has 5 rings (SSSR count). The third-order valence-electron chi connectivity index (χ3n) is 7.83. The second kappa shape index (κ2) is 20.1. The van der Waals surface area contributed by atoms with Gasteiger partial charge in [0, 0.05) is 37.7 Å². The highest BCUT2D eigenvalue weighted by Gasteiger charge is 2.14. The van der Waals surface area contributed by atoms with Crippen LogP contribution in [0, 0.1) is 0 Å². The number of nitrogens with zero attached hydrogens (tertiary/aromatic N) is 3. The van der Waals surface area contributed by atoms with Gasteiger partial charge in [0.25, 0.3) is 5.91 Å². The predicted octanol–water partition coefficient (Wildman–Crippen LogP) is 6.00. The summed E-state index contributed by atoms with van der Waals surface area (Å²) in [6.45, 7) is 3.82. The van der Waals surface area contributed by atoms with Crippen molar-refractivity contribution in [3.05, 3.63) is 138 Å². The summed E-state index contributed by atoms with van der Waals surface area (Å²) in [4.78, 5) is 26.0. The molecule has 0 aliphatic rings. The first kappa shape index (κ1) is 35.8. The molecule has 0 unspecified atom stereocenters. The van der Waals surface area contributed by atoms with E-state index in [0.717, 1.165) is 17.7 Å². The van der Waals surface area contributed by atoms with E-state index in [1.165, 1.54) is 11.1 Å². The molecule has 11 heteroatoms. The fourth-order valence-electron chi connectivity index (χ4n) is 5.25. The molecule has 0 bridgehead atoms. The molecule has 0 fully saturated rings. The summed E-state index contributed by atoms with van der Waals surface area (Å²) in [6.07, 6.45) is 0.854. The van der Waals surface area contributed by atoms with Crippen LogP contribution < -0.4 is 26.0 Å². The van der Waals surface area contributed by atoms with Crippen molar-refractivity contribution in [1.29, 1.82) is 0 Å². The van der Waals surface area contributed by atoms with Gasteiger partial charge >= 0.3 is 0 Å². The zero-order valence-corrected chi connectivity index (χ0v) is 28.4. The van der Waals surface area contributed by atoms with Crippen LogP contribution in [0.1, 0.15) is 39.4 Å². The molecule has 0 atom stereocenters. The molecule has 1 heterocycles. The number of methoxy groups -OCH3 is 1. The third-order valence-corrected chi connectivity index (χ3v) is 7.83. The molecule has 11 nitrogen and oxygen atoms in total. The average molecular weight is 676 g/mol. The van der Waals surface area contributed by atoms with Gasteiger partial charge < -0.3 is 35.5 Å². The summed E-state index contributed by atoms with van der Waals surface area (Å²) in [6, 6.07) is 38.0. The van der Waals surface area contributed by atoms with E-state index < -0.39 is 0 Å². The molecular formula is C39H45N7O4. The maximum Gasteiger partial charge on any atom is 0.251 e. The average Bonchev–Trinajstić information content (AvgIpc) is 3.17. The van der Waals surface area contributed by atoms with E-state index in [1.807, 2.05) is 54.6 Å². The van der Waals surface area contributed by atoms with Gasteiger partial charge in [-0.25, -0.2) is 0 Å². The molecule has 1 aromatic heterocycles. The van der Waals surface area contributed by atoms with E-state index >= 15 is 0 Å². The van der Waals surface area contributed by atoms with E-state index in [0.29, 0.717) is 76.0 Å². The topological polar surface area (TPSA) is 132 Å². The smallest absolute Gasteiger partial charge is 0.251 e. The molecule has 50 heavy (non-hydrogen) atoms. The predicted molar refractivity (Wildman–Crippen MR) is 197 cm³/mol. The number of hydrogen-bond donors (Lipinski definition) is 4. The zero-order valence-electron chi connectivity index (χ0n) is 28.4. The first-order valence-electron chi connectivity index (χ1n) is 16.9. The van der Waals surface area contributed by atoms with E-state index in [-0.39, 0.29) is 11.8 Å². The fraction of sp³-hybridized carbons (Fsp3) is 0.282. The highest BCUT2D eigenvalue weighted by Crippen LogP contribution is 2.28. The lowest BCUT2D eigenvalue weighted by molar-refractivity contribution is 0.0519. The van der Waals surface area contributed by atoms with Gasteiger partial charge in [0.2, 0.25) is 17.8 Å². The van der Waals surface area contributed by atoms with Crippen LogP contribution in [0.25, 0.3) is 0 Å². The van der Waals surface area contributed by atoms with Crippen molar-refractivity contribution in [3.63, 3.8) is 0 Å². The number of rotatable bonds is 21. The lowest BCUT2D eigenvalue weighted by atomic mass is 9.88. The Morgan fingerprint density at radius 1 is 0.600 bits per heavy atom. The Hall–Kier alpha value is -5.52. The van der Waals surface area contributed by atoms with Gasteiger partial charge in [0.1, 0.15) is 5.75 Å². The highest BCUT2D eigenvalue weighted by atomic mass is 16.5. The zero-order chi connectivity index (χ0) is 34.6. The first-order valence-corrected chi connectivity index (χ1v) is 16.9. The second-order valence-electron chi connectivity index (χ2n) is 11.4. The summed E-state index contributed by atoms with van der Waals surface area (Å²) in [5.74, 6) is 2.29. The Bertz CT molecular complexity index is 1660. The summed E-state index contributed by atoms with van der Waals surface area (Å²) >= 11 is 0. The summed E-state index contributed by atoms with van der Waals surface area (Å²) in [5.41, 5.74) is 4.23. The Morgan fingerprint density at radius 2 is 1.12 bits per heavy atom. The van der Waals surface area contributed by atoms with Crippen LogP contribution in [0.3, 0.4) is 0 Å². The van der Waals surface area contributed by atoms with Crippen molar-refractivity contribution < 1.29 is 19.0 Å². The molecule has 0 aliphatic heterocycles. The van der Waals surface area contributed by atoms with Crippen LogP contribution in [0.2, 0.25) is 0 Å². The van der Waals surface area contributed by atoms with E-state index in [1.54, 1.807) is 19.2 Å². The maximum absolute atomic E-state index is 12.1. The van der Waals surface area contributed by atoms with E-state index in [2.05, 4.69) is 84.8 Å². The van der Waals surface area contributed by atoms with Crippen molar-refractivity contribution in [2.45, 2.75) is 18.9 Å². The van der Waals surface area contributed by atoms with Crippen LogP contribution >= 0.6 is 0 Å². The largest absolute Gasteiger partial charge is 0.497 e. The molecule has 4 N–H and O–H groups in total. The molecule has 0 spiro atoms. The second-order valence-corrected chi connectivity index (χ2v) is 11.4. The van der Waals surface area contributed by atoms with Crippen molar-refractivity contribution in [3.8, 4) is 5.75 Å².